The van der Waals surface area contributed by atoms with Gasteiger partial charge in [0.2, 0.25) is 0 Å². The van der Waals surface area contributed by atoms with Crippen LogP contribution < -0.4 is 5.32 Å². The van der Waals surface area contributed by atoms with E-state index < -0.39 is 0 Å². The Balaban J connectivity index is 1.96. The Morgan fingerprint density at radius 1 is 1.05 bits per heavy atom. The minimum absolute atomic E-state index is 0.861. The number of fused-ring (bicyclic) bond motifs is 1. The molecule has 0 radical (unpaired) electrons. The normalized spacial score (nSPS) is 13.7. The highest BCUT2D eigenvalue weighted by molar-refractivity contribution is 5.60. The zero-order valence-corrected chi connectivity index (χ0v) is 13.7. The van der Waals surface area contributed by atoms with Gasteiger partial charge in [-0.2, -0.15) is 0 Å². The van der Waals surface area contributed by atoms with Gasteiger partial charge in [-0.25, -0.2) is 9.97 Å². The molecule has 3 heteroatoms. The van der Waals surface area contributed by atoms with E-state index in [1.54, 1.807) is 0 Å². The number of anilines is 1. The van der Waals surface area contributed by atoms with E-state index in [0.717, 1.165) is 36.6 Å². The van der Waals surface area contributed by atoms with Gasteiger partial charge in [0.05, 0.1) is 0 Å². The minimum Gasteiger partial charge on any atom is -0.370 e. The second kappa shape index (κ2) is 6.91. The molecule has 0 saturated heterocycles. The Labute approximate surface area is 133 Å². The van der Waals surface area contributed by atoms with Gasteiger partial charge in [-0.15, -0.1) is 0 Å². The summed E-state index contributed by atoms with van der Waals surface area (Å²) >= 11 is 0. The first-order chi connectivity index (χ1) is 10.8. The fourth-order valence-corrected chi connectivity index (χ4v) is 2.96. The van der Waals surface area contributed by atoms with Crippen molar-refractivity contribution in [3.63, 3.8) is 0 Å². The molecule has 0 fully saturated rings. The topological polar surface area (TPSA) is 37.8 Å². The molecular weight excluding hydrogens is 270 g/mol. The molecule has 1 heterocycles. The summed E-state index contributed by atoms with van der Waals surface area (Å²) in [5.41, 5.74) is 4.97. The Morgan fingerprint density at radius 2 is 1.82 bits per heavy atom. The Kier molecular flexibility index (Phi) is 4.71. The van der Waals surface area contributed by atoms with E-state index in [9.17, 15) is 0 Å². The molecule has 1 N–H and O–H groups in total. The largest absolute Gasteiger partial charge is 0.370 e. The number of aryl methyl sites for hydroxylation is 2. The van der Waals surface area contributed by atoms with E-state index in [2.05, 4.69) is 43.4 Å². The van der Waals surface area contributed by atoms with Crippen molar-refractivity contribution in [1.29, 1.82) is 0 Å². The molecule has 0 aliphatic heterocycles. The second-order valence-electron chi connectivity index (χ2n) is 6.17. The van der Waals surface area contributed by atoms with Crippen molar-refractivity contribution in [3.8, 4) is 11.4 Å². The zero-order chi connectivity index (χ0) is 15.4. The fourth-order valence-electron chi connectivity index (χ4n) is 2.96. The smallest absolute Gasteiger partial charge is 0.161 e. The highest BCUT2D eigenvalue weighted by Crippen LogP contribution is 2.28. The quantitative estimate of drug-likeness (QED) is 0.823. The molecule has 1 aliphatic rings. The van der Waals surface area contributed by atoms with E-state index in [4.69, 9.17) is 9.97 Å². The molecule has 22 heavy (non-hydrogen) atoms. The first kappa shape index (κ1) is 15.0. The monoisotopic (exact) mass is 295 g/mol. The van der Waals surface area contributed by atoms with Gasteiger partial charge in [-0.1, -0.05) is 43.2 Å². The highest BCUT2D eigenvalue weighted by atomic mass is 15.0. The number of unbranched alkanes of at least 4 members (excludes halogenated alkanes) is 1. The molecule has 1 aromatic carbocycles. The van der Waals surface area contributed by atoms with Crippen LogP contribution in [-0.4, -0.2) is 16.5 Å². The van der Waals surface area contributed by atoms with E-state index in [-0.39, 0.29) is 0 Å². The fraction of sp³-hybridized carbons (Fsp3) is 0.474. The van der Waals surface area contributed by atoms with Crippen LogP contribution in [0.15, 0.2) is 24.3 Å². The molecule has 116 valence electrons. The van der Waals surface area contributed by atoms with Crippen LogP contribution in [0, 0.1) is 6.92 Å². The molecule has 1 aromatic heterocycles. The summed E-state index contributed by atoms with van der Waals surface area (Å²) in [6.45, 7) is 5.32. The summed E-state index contributed by atoms with van der Waals surface area (Å²) in [5.74, 6) is 1.92. The lowest BCUT2D eigenvalue weighted by atomic mass is 9.96. The molecule has 0 unspecified atom stereocenters. The predicted molar refractivity (Wildman–Crippen MR) is 92.2 cm³/mol. The number of nitrogens with zero attached hydrogens (tertiary/aromatic N) is 2. The van der Waals surface area contributed by atoms with E-state index in [0.29, 0.717) is 0 Å². The lowest BCUT2D eigenvalue weighted by Crippen LogP contribution is -2.14. The third-order valence-corrected chi connectivity index (χ3v) is 4.32. The first-order valence-electron chi connectivity index (χ1n) is 8.48. The predicted octanol–water partition coefficient (Wildman–Crippen LogP) is 4.54. The third-order valence-electron chi connectivity index (χ3n) is 4.32. The van der Waals surface area contributed by atoms with Crippen molar-refractivity contribution in [1.82, 2.24) is 9.97 Å². The minimum atomic E-state index is 0.861. The van der Waals surface area contributed by atoms with Gasteiger partial charge in [-0.3, -0.25) is 0 Å². The third kappa shape index (κ3) is 3.29. The van der Waals surface area contributed by atoms with Crippen LogP contribution in [-0.2, 0) is 12.8 Å². The van der Waals surface area contributed by atoms with Crippen molar-refractivity contribution in [2.75, 3.05) is 11.9 Å². The van der Waals surface area contributed by atoms with Gasteiger partial charge in [0.1, 0.15) is 5.82 Å². The number of benzene rings is 1. The van der Waals surface area contributed by atoms with Crippen molar-refractivity contribution in [2.24, 2.45) is 0 Å². The van der Waals surface area contributed by atoms with Gasteiger partial charge >= 0.3 is 0 Å². The number of aromatic nitrogens is 2. The Bertz CT molecular complexity index is 632. The van der Waals surface area contributed by atoms with Gasteiger partial charge in [0, 0.05) is 23.4 Å². The molecule has 0 atom stereocenters. The van der Waals surface area contributed by atoms with Crippen molar-refractivity contribution >= 4 is 5.82 Å². The number of nitrogens with one attached hydrogen (secondary N) is 1. The van der Waals surface area contributed by atoms with Gasteiger partial charge < -0.3 is 5.32 Å². The summed E-state index contributed by atoms with van der Waals surface area (Å²) < 4.78 is 0. The summed E-state index contributed by atoms with van der Waals surface area (Å²) in [6.07, 6.45) is 7.06. The molecule has 0 bridgehead atoms. The molecule has 3 rings (SSSR count). The standard InChI is InChI=1S/C19H25N3/c1-3-4-13-20-19-16-7-5-6-8-17(16)21-18(22-19)15-11-9-14(2)10-12-15/h9-12H,3-8,13H2,1-2H3,(H,20,21,22). The van der Waals surface area contributed by atoms with Crippen LogP contribution in [0.3, 0.4) is 0 Å². The first-order valence-corrected chi connectivity index (χ1v) is 8.48. The van der Waals surface area contributed by atoms with Gasteiger partial charge in [0.25, 0.3) is 0 Å². The van der Waals surface area contributed by atoms with Crippen LogP contribution >= 0.6 is 0 Å². The molecule has 2 aromatic rings. The van der Waals surface area contributed by atoms with Crippen LogP contribution in [0.1, 0.15) is 49.4 Å². The summed E-state index contributed by atoms with van der Waals surface area (Å²) in [6, 6.07) is 8.50. The van der Waals surface area contributed by atoms with E-state index in [1.807, 2.05) is 0 Å². The summed E-state index contributed by atoms with van der Waals surface area (Å²) in [5, 5.41) is 3.54. The van der Waals surface area contributed by atoms with Crippen LogP contribution in [0.25, 0.3) is 11.4 Å². The average Bonchev–Trinajstić information content (AvgIpc) is 2.55. The second-order valence-corrected chi connectivity index (χ2v) is 6.17. The summed E-state index contributed by atoms with van der Waals surface area (Å²) in [7, 11) is 0. The Hall–Kier alpha value is -1.90. The zero-order valence-electron chi connectivity index (χ0n) is 13.7. The highest BCUT2D eigenvalue weighted by Gasteiger charge is 2.18. The maximum atomic E-state index is 4.85. The van der Waals surface area contributed by atoms with Crippen LogP contribution in [0.2, 0.25) is 0 Å². The van der Waals surface area contributed by atoms with E-state index in [1.165, 1.54) is 42.5 Å². The maximum absolute atomic E-state index is 4.85. The Morgan fingerprint density at radius 3 is 2.59 bits per heavy atom. The van der Waals surface area contributed by atoms with E-state index >= 15 is 0 Å². The maximum Gasteiger partial charge on any atom is 0.161 e. The van der Waals surface area contributed by atoms with Crippen LogP contribution in [0.5, 0.6) is 0 Å². The average molecular weight is 295 g/mol. The summed E-state index contributed by atoms with van der Waals surface area (Å²) in [4.78, 5) is 9.69. The van der Waals surface area contributed by atoms with Crippen molar-refractivity contribution in [2.45, 2.75) is 52.4 Å². The van der Waals surface area contributed by atoms with Crippen molar-refractivity contribution < 1.29 is 0 Å². The molecule has 0 spiro atoms. The lowest BCUT2D eigenvalue weighted by molar-refractivity contribution is 0.664. The van der Waals surface area contributed by atoms with Crippen LogP contribution in [0.4, 0.5) is 5.82 Å². The van der Waals surface area contributed by atoms with Crippen molar-refractivity contribution in [3.05, 3.63) is 41.1 Å². The number of hydrogen-bond donors (Lipinski definition) is 1. The SMILES string of the molecule is CCCCNc1nc(-c2ccc(C)cc2)nc2c1CCCC2. The number of rotatable bonds is 5. The molecular formula is C19H25N3. The molecule has 0 saturated carbocycles. The number of hydrogen-bond acceptors (Lipinski definition) is 3. The van der Waals surface area contributed by atoms with Gasteiger partial charge in [-0.05, 0) is 39.0 Å². The molecule has 0 amide bonds. The lowest BCUT2D eigenvalue weighted by Gasteiger charge is -2.20. The van der Waals surface area contributed by atoms with Gasteiger partial charge in [0.15, 0.2) is 5.82 Å². The molecule has 1 aliphatic carbocycles. The molecule has 3 nitrogen and oxygen atoms in total.